The molecule has 21 heavy (non-hydrogen) atoms. The van der Waals surface area contributed by atoms with Crippen LogP contribution in [0.15, 0.2) is 47.4 Å². The Balaban J connectivity index is 2.38. The van der Waals surface area contributed by atoms with E-state index in [2.05, 4.69) is 12.6 Å². The molecule has 0 atom stereocenters. The van der Waals surface area contributed by atoms with Gasteiger partial charge in [-0.15, -0.1) is 12.6 Å². The molecule has 0 bridgehead atoms. The van der Waals surface area contributed by atoms with E-state index in [1.54, 1.807) is 0 Å². The summed E-state index contributed by atoms with van der Waals surface area (Å²) in [4.78, 5) is 11.0. The molecule has 0 aromatic heterocycles. The molecule has 0 saturated carbocycles. The Morgan fingerprint density at radius 3 is 2.43 bits per heavy atom. The summed E-state index contributed by atoms with van der Waals surface area (Å²) in [6, 6.07) is 9.50. The highest BCUT2D eigenvalue weighted by Crippen LogP contribution is 2.30. The quantitative estimate of drug-likeness (QED) is 0.663. The molecule has 4 nitrogen and oxygen atoms in total. The van der Waals surface area contributed by atoms with Crippen LogP contribution in [0.5, 0.6) is 5.75 Å². The zero-order valence-electron chi connectivity index (χ0n) is 10.3. The molecule has 0 aliphatic heterocycles. The maximum atomic E-state index is 12.2. The molecule has 110 valence electrons. The molecule has 0 unspecified atom stereocenters. The van der Waals surface area contributed by atoms with E-state index < -0.39 is 15.2 Å². The Morgan fingerprint density at radius 1 is 1.10 bits per heavy atom. The Labute approximate surface area is 137 Å². The van der Waals surface area contributed by atoms with Gasteiger partial charge in [-0.2, -0.15) is 8.42 Å². The maximum Gasteiger partial charge on any atom is 0.339 e. The zero-order chi connectivity index (χ0) is 15.6. The summed E-state index contributed by atoms with van der Waals surface area (Å²) in [5.74, 6) is -0.0522. The van der Waals surface area contributed by atoms with Gasteiger partial charge in [0.25, 0.3) is 0 Å². The normalized spacial score (nSPS) is 11.2. The molecule has 2 aromatic rings. The van der Waals surface area contributed by atoms with Crippen molar-refractivity contribution >= 4 is 51.1 Å². The van der Waals surface area contributed by atoms with Crippen molar-refractivity contribution in [1.29, 1.82) is 0 Å². The predicted molar refractivity (Wildman–Crippen MR) is 84.0 cm³/mol. The van der Waals surface area contributed by atoms with E-state index in [1.165, 1.54) is 42.5 Å². The van der Waals surface area contributed by atoms with Gasteiger partial charge in [-0.3, -0.25) is 4.79 Å². The van der Waals surface area contributed by atoms with Crippen molar-refractivity contribution in [2.24, 2.45) is 0 Å². The first-order chi connectivity index (χ1) is 9.79. The van der Waals surface area contributed by atoms with Crippen LogP contribution in [0.2, 0.25) is 10.0 Å². The van der Waals surface area contributed by atoms with Gasteiger partial charge >= 0.3 is 10.1 Å². The van der Waals surface area contributed by atoms with Crippen molar-refractivity contribution in [2.75, 3.05) is 0 Å². The molecular formula is C13H8Cl2O4S2. The van der Waals surface area contributed by atoms with Crippen LogP contribution in [0.25, 0.3) is 0 Å². The first-order valence-electron chi connectivity index (χ1n) is 5.52. The van der Waals surface area contributed by atoms with E-state index in [1.807, 2.05) is 0 Å². The number of hydrogen-bond acceptors (Lipinski definition) is 4. The van der Waals surface area contributed by atoms with E-state index in [0.29, 0.717) is 5.02 Å². The summed E-state index contributed by atoms with van der Waals surface area (Å²) in [6.07, 6.45) is 0. The molecule has 2 aromatic carbocycles. The Morgan fingerprint density at radius 2 is 1.81 bits per heavy atom. The fourth-order valence-electron chi connectivity index (χ4n) is 1.49. The smallest absolute Gasteiger partial charge is 0.339 e. The molecule has 0 radical (unpaired) electrons. The van der Waals surface area contributed by atoms with Crippen molar-refractivity contribution in [3.63, 3.8) is 0 Å². The van der Waals surface area contributed by atoms with Crippen molar-refractivity contribution < 1.29 is 17.4 Å². The molecule has 0 amide bonds. The molecule has 0 spiro atoms. The highest BCUT2D eigenvalue weighted by molar-refractivity contribution is 7.97. The number of hydrogen-bond donors (Lipinski definition) is 1. The van der Waals surface area contributed by atoms with Crippen molar-refractivity contribution in [3.05, 3.63) is 58.1 Å². The minimum absolute atomic E-state index is 0.0522. The lowest BCUT2D eigenvalue weighted by Gasteiger charge is -2.09. The third-order valence-corrected chi connectivity index (χ3v) is 4.48. The van der Waals surface area contributed by atoms with Crippen LogP contribution in [0, 0.1) is 0 Å². The summed E-state index contributed by atoms with van der Waals surface area (Å²) in [5.41, 5.74) is 0.144. The summed E-state index contributed by atoms with van der Waals surface area (Å²) in [5, 5.41) is -0.128. The van der Waals surface area contributed by atoms with Crippen LogP contribution < -0.4 is 4.18 Å². The fraction of sp³-hybridized carbons (Fsp3) is 0. The third kappa shape index (κ3) is 3.91. The van der Waals surface area contributed by atoms with Gasteiger partial charge in [0.05, 0.1) is 5.02 Å². The van der Waals surface area contributed by atoms with Gasteiger partial charge < -0.3 is 4.18 Å². The maximum absolute atomic E-state index is 12.2. The zero-order valence-corrected chi connectivity index (χ0v) is 13.5. The van der Waals surface area contributed by atoms with Crippen LogP contribution in [0.1, 0.15) is 10.4 Å². The number of halogens is 2. The van der Waals surface area contributed by atoms with Crippen LogP contribution in [0.3, 0.4) is 0 Å². The van der Waals surface area contributed by atoms with E-state index in [0.717, 1.165) is 0 Å². The number of thiol groups is 1. The highest BCUT2D eigenvalue weighted by Gasteiger charge is 2.19. The van der Waals surface area contributed by atoms with E-state index in [4.69, 9.17) is 27.4 Å². The lowest BCUT2D eigenvalue weighted by Crippen LogP contribution is -2.10. The number of rotatable bonds is 4. The van der Waals surface area contributed by atoms with E-state index in [9.17, 15) is 13.2 Å². The first-order valence-corrected chi connectivity index (χ1v) is 8.13. The first kappa shape index (κ1) is 16.2. The molecule has 0 heterocycles. The average Bonchev–Trinajstić information content (AvgIpc) is 2.42. The predicted octanol–water partition coefficient (Wildman–Crippen LogP) is 3.83. The number of carbonyl (C=O) groups excluding carboxylic acids is 1. The average molecular weight is 363 g/mol. The monoisotopic (exact) mass is 362 g/mol. The summed E-state index contributed by atoms with van der Waals surface area (Å²) in [6.45, 7) is 0. The molecule has 8 heteroatoms. The van der Waals surface area contributed by atoms with Crippen LogP contribution >= 0.6 is 35.8 Å². The van der Waals surface area contributed by atoms with Gasteiger partial charge in [-0.25, -0.2) is 0 Å². The second kappa shape index (κ2) is 6.27. The number of carbonyl (C=O) groups is 1. The molecule has 0 aliphatic rings. The standard InChI is InChI=1S/C13H8Cl2O4S2/c14-9-4-5-12(11(15)7-9)19-21(17,18)10-3-1-2-8(6-10)13(16)20/h1-7H,(H,16,20). The lowest BCUT2D eigenvalue weighted by molar-refractivity contribution is 0.109. The minimum atomic E-state index is -4.12. The van der Waals surface area contributed by atoms with Gasteiger partial charge in [0, 0.05) is 10.6 Å². The Bertz CT molecular complexity index is 804. The third-order valence-electron chi connectivity index (χ3n) is 2.46. The summed E-state index contributed by atoms with van der Waals surface area (Å²) in [7, 11) is -4.12. The number of benzene rings is 2. The topological polar surface area (TPSA) is 60.4 Å². The van der Waals surface area contributed by atoms with Crippen LogP contribution in [-0.2, 0) is 10.1 Å². The molecule has 0 aliphatic carbocycles. The molecule has 0 N–H and O–H groups in total. The van der Waals surface area contributed by atoms with Crippen molar-refractivity contribution in [3.8, 4) is 5.75 Å². The second-order valence-corrected chi connectivity index (χ2v) is 6.74. The molecule has 0 saturated heterocycles. The molecule has 2 rings (SSSR count). The molecular weight excluding hydrogens is 355 g/mol. The van der Waals surface area contributed by atoms with Gasteiger partial charge in [-0.1, -0.05) is 35.3 Å². The fourth-order valence-corrected chi connectivity index (χ4v) is 3.12. The summed E-state index contributed by atoms with van der Waals surface area (Å²) < 4.78 is 29.3. The Hall–Kier alpha value is -1.21. The minimum Gasteiger partial charge on any atom is -0.377 e. The van der Waals surface area contributed by atoms with Gasteiger partial charge in [-0.05, 0) is 30.3 Å². The van der Waals surface area contributed by atoms with Crippen molar-refractivity contribution in [1.82, 2.24) is 0 Å². The van der Waals surface area contributed by atoms with Gasteiger partial charge in [0.2, 0.25) is 5.12 Å². The lowest BCUT2D eigenvalue weighted by atomic mass is 10.2. The highest BCUT2D eigenvalue weighted by atomic mass is 35.5. The van der Waals surface area contributed by atoms with Crippen LogP contribution in [0.4, 0.5) is 0 Å². The van der Waals surface area contributed by atoms with Gasteiger partial charge in [0.15, 0.2) is 5.75 Å². The van der Waals surface area contributed by atoms with Crippen LogP contribution in [-0.4, -0.2) is 13.5 Å². The SMILES string of the molecule is O=C(S)c1cccc(S(=O)(=O)Oc2ccc(Cl)cc2Cl)c1. The second-order valence-electron chi connectivity index (χ2n) is 3.95. The largest absolute Gasteiger partial charge is 0.377 e. The van der Waals surface area contributed by atoms with E-state index in [-0.39, 0.29) is 21.2 Å². The summed E-state index contributed by atoms with van der Waals surface area (Å²) >= 11 is 15.2. The van der Waals surface area contributed by atoms with Gasteiger partial charge in [0.1, 0.15) is 4.90 Å². The van der Waals surface area contributed by atoms with Crippen molar-refractivity contribution in [2.45, 2.75) is 4.90 Å². The van der Waals surface area contributed by atoms with E-state index >= 15 is 0 Å². The molecule has 0 fully saturated rings. The Kier molecular flexibility index (Phi) is 4.83.